The van der Waals surface area contributed by atoms with Gasteiger partial charge in [0.2, 0.25) is 5.91 Å². The van der Waals surface area contributed by atoms with E-state index in [0.717, 1.165) is 11.1 Å². The van der Waals surface area contributed by atoms with Gasteiger partial charge in [0.15, 0.2) is 11.5 Å². The standard InChI is InChI=1S/C22H23NO5/c1-14-5-6-18(11-15(14)2)8-10-22(26)23-13-19-7-9-20(27-16(3)24)21(12-19)28-17(4)25/h5-12H,13H2,1-4H3,(H,23,26)/b10-8+. The monoisotopic (exact) mass is 381 g/mol. The quantitative estimate of drug-likeness (QED) is 0.471. The number of carbonyl (C=O) groups is 3. The summed E-state index contributed by atoms with van der Waals surface area (Å²) in [5, 5.41) is 2.76. The fourth-order valence-corrected chi connectivity index (χ4v) is 2.42. The molecule has 0 aliphatic rings. The maximum absolute atomic E-state index is 12.1. The summed E-state index contributed by atoms with van der Waals surface area (Å²) < 4.78 is 10.1. The van der Waals surface area contributed by atoms with Crippen molar-refractivity contribution in [2.24, 2.45) is 0 Å². The molecule has 0 spiro atoms. The van der Waals surface area contributed by atoms with E-state index in [1.807, 2.05) is 32.0 Å². The van der Waals surface area contributed by atoms with Crippen LogP contribution in [0, 0.1) is 13.8 Å². The number of benzene rings is 2. The topological polar surface area (TPSA) is 81.7 Å². The molecule has 6 heteroatoms. The fraction of sp³-hybridized carbons (Fsp3) is 0.227. The zero-order valence-corrected chi connectivity index (χ0v) is 16.4. The normalized spacial score (nSPS) is 10.6. The van der Waals surface area contributed by atoms with Crippen LogP contribution in [0.1, 0.15) is 36.1 Å². The molecule has 1 N–H and O–H groups in total. The predicted molar refractivity (Wildman–Crippen MR) is 106 cm³/mol. The highest BCUT2D eigenvalue weighted by atomic mass is 16.6. The van der Waals surface area contributed by atoms with Crippen LogP contribution in [0.2, 0.25) is 0 Å². The molecule has 2 aromatic rings. The molecule has 1 amide bonds. The molecule has 6 nitrogen and oxygen atoms in total. The van der Waals surface area contributed by atoms with E-state index in [4.69, 9.17) is 9.47 Å². The van der Waals surface area contributed by atoms with Crippen molar-refractivity contribution in [2.75, 3.05) is 0 Å². The third kappa shape index (κ3) is 6.39. The Morgan fingerprint density at radius 2 is 1.57 bits per heavy atom. The highest BCUT2D eigenvalue weighted by Crippen LogP contribution is 2.28. The van der Waals surface area contributed by atoms with Crippen LogP contribution >= 0.6 is 0 Å². The van der Waals surface area contributed by atoms with Crippen LogP contribution in [-0.4, -0.2) is 17.8 Å². The summed E-state index contributed by atoms with van der Waals surface area (Å²) in [7, 11) is 0. The van der Waals surface area contributed by atoms with Gasteiger partial charge in [0.25, 0.3) is 0 Å². The van der Waals surface area contributed by atoms with E-state index in [0.29, 0.717) is 5.56 Å². The van der Waals surface area contributed by atoms with E-state index < -0.39 is 11.9 Å². The molecule has 28 heavy (non-hydrogen) atoms. The van der Waals surface area contributed by atoms with Gasteiger partial charge in [0.05, 0.1) is 0 Å². The molecular formula is C22H23NO5. The van der Waals surface area contributed by atoms with Crippen molar-refractivity contribution in [3.8, 4) is 11.5 Å². The lowest BCUT2D eigenvalue weighted by atomic mass is 10.1. The number of nitrogens with one attached hydrogen (secondary N) is 1. The molecule has 0 atom stereocenters. The number of rotatable bonds is 6. The van der Waals surface area contributed by atoms with Crippen molar-refractivity contribution in [1.29, 1.82) is 0 Å². The van der Waals surface area contributed by atoms with Gasteiger partial charge in [-0.1, -0.05) is 24.3 Å². The molecule has 0 unspecified atom stereocenters. The largest absolute Gasteiger partial charge is 0.423 e. The summed E-state index contributed by atoms with van der Waals surface area (Å²) in [4.78, 5) is 34.5. The van der Waals surface area contributed by atoms with Gasteiger partial charge in [-0.15, -0.1) is 0 Å². The van der Waals surface area contributed by atoms with Crippen LogP contribution in [0.25, 0.3) is 6.08 Å². The maximum atomic E-state index is 12.1. The third-order valence-electron chi connectivity index (χ3n) is 3.94. The summed E-state index contributed by atoms with van der Waals surface area (Å²) in [5.41, 5.74) is 4.00. The predicted octanol–water partition coefficient (Wildman–Crippen LogP) is 3.48. The molecule has 0 aromatic heterocycles. The molecule has 146 valence electrons. The van der Waals surface area contributed by atoms with Crippen LogP contribution in [0.5, 0.6) is 11.5 Å². The molecule has 2 aromatic carbocycles. The molecule has 0 saturated heterocycles. The third-order valence-corrected chi connectivity index (χ3v) is 3.94. The lowest BCUT2D eigenvalue weighted by molar-refractivity contribution is -0.134. The fourth-order valence-electron chi connectivity index (χ4n) is 2.42. The van der Waals surface area contributed by atoms with Crippen molar-refractivity contribution < 1.29 is 23.9 Å². The van der Waals surface area contributed by atoms with Gasteiger partial charge >= 0.3 is 11.9 Å². The average Bonchev–Trinajstić information content (AvgIpc) is 2.62. The Morgan fingerprint density at radius 3 is 2.21 bits per heavy atom. The van der Waals surface area contributed by atoms with Crippen molar-refractivity contribution in [1.82, 2.24) is 5.32 Å². The molecule has 0 saturated carbocycles. The Hall–Kier alpha value is -3.41. The Balaban J connectivity index is 2.03. The highest BCUT2D eigenvalue weighted by molar-refractivity contribution is 5.91. The van der Waals surface area contributed by atoms with E-state index in [1.54, 1.807) is 18.2 Å². The van der Waals surface area contributed by atoms with E-state index >= 15 is 0 Å². The van der Waals surface area contributed by atoms with Crippen LogP contribution in [0.15, 0.2) is 42.5 Å². The molecule has 0 fully saturated rings. The van der Waals surface area contributed by atoms with Crippen LogP contribution in [0.3, 0.4) is 0 Å². The maximum Gasteiger partial charge on any atom is 0.308 e. The first kappa shape index (κ1) is 20.9. The number of ether oxygens (including phenoxy) is 2. The van der Waals surface area contributed by atoms with E-state index in [9.17, 15) is 14.4 Å². The Bertz CT molecular complexity index is 931. The number of hydrogen-bond donors (Lipinski definition) is 1. The summed E-state index contributed by atoms with van der Waals surface area (Å²) >= 11 is 0. The van der Waals surface area contributed by atoms with Gasteiger partial charge in [0, 0.05) is 26.5 Å². The van der Waals surface area contributed by atoms with Gasteiger partial charge in [0.1, 0.15) is 0 Å². The lowest BCUT2D eigenvalue weighted by Gasteiger charge is -2.11. The first-order valence-electron chi connectivity index (χ1n) is 8.77. The molecular weight excluding hydrogens is 358 g/mol. The lowest BCUT2D eigenvalue weighted by Crippen LogP contribution is -2.20. The Labute approximate surface area is 164 Å². The second-order valence-corrected chi connectivity index (χ2v) is 6.36. The number of esters is 2. The molecule has 0 bridgehead atoms. The van der Waals surface area contributed by atoms with Crippen LogP contribution in [0.4, 0.5) is 0 Å². The van der Waals surface area contributed by atoms with Crippen LogP contribution in [-0.2, 0) is 20.9 Å². The summed E-state index contributed by atoms with van der Waals surface area (Å²) in [6.45, 7) is 6.79. The van der Waals surface area contributed by atoms with Gasteiger partial charge in [-0.2, -0.15) is 0 Å². The van der Waals surface area contributed by atoms with Crippen LogP contribution < -0.4 is 14.8 Å². The molecule has 0 radical (unpaired) electrons. The van der Waals surface area contributed by atoms with Gasteiger partial charge in [-0.25, -0.2) is 0 Å². The SMILES string of the molecule is CC(=O)Oc1ccc(CNC(=O)/C=C/c2ccc(C)c(C)c2)cc1OC(C)=O. The molecule has 0 heterocycles. The summed E-state index contributed by atoms with van der Waals surface area (Å²) in [5.74, 6) is -1.04. The number of carbonyl (C=O) groups excluding carboxylic acids is 3. The summed E-state index contributed by atoms with van der Waals surface area (Å²) in [6.07, 6.45) is 3.21. The minimum Gasteiger partial charge on any atom is -0.423 e. The first-order chi connectivity index (χ1) is 13.2. The Morgan fingerprint density at radius 1 is 0.893 bits per heavy atom. The number of hydrogen-bond acceptors (Lipinski definition) is 5. The summed E-state index contributed by atoms with van der Waals surface area (Å²) in [6, 6.07) is 10.7. The Kier molecular flexibility index (Phi) is 7.09. The van der Waals surface area contributed by atoms with Crippen molar-refractivity contribution in [3.05, 3.63) is 64.7 Å². The van der Waals surface area contributed by atoms with Gasteiger partial charge in [-0.3, -0.25) is 14.4 Å². The van der Waals surface area contributed by atoms with Crippen molar-refractivity contribution in [3.63, 3.8) is 0 Å². The number of amides is 1. The highest BCUT2D eigenvalue weighted by Gasteiger charge is 2.11. The average molecular weight is 381 g/mol. The molecule has 0 aliphatic carbocycles. The van der Waals surface area contributed by atoms with Gasteiger partial charge in [-0.05, 0) is 54.3 Å². The molecule has 2 rings (SSSR count). The van der Waals surface area contributed by atoms with E-state index in [2.05, 4.69) is 5.32 Å². The zero-order chi connectivity index (χ0) is 20.7. The smallest absolute Gasteiger partial charge is 0.308 e. The van der Waals surface area contributed by atoms with E-state index in [1.165, 1.54) is 31.6 Å². The minimum atomic E-state index is -0.536. The number of aryl methyl sites for hydroxylation is 2. The molecule has 0 aliphatic heterocycles. The van der Waals surface area contributed by atoms with Crippen molar-refractivity contribution in [2.45, 2.75) is 34.2 Å². The van der Waals surface area contributed by atoms with Gasteiger partial charge < -0.3 is 14.8 Å². The minimum absolute atomic E-state index is 0.125. The van der Waals surface area contributed by atoms with Crippen molar-refractivity contribution >= 4 is 23.9 Å². The second kappa shape index (κ2) is 9.50. The second-order valence-electron chi connectivity index (χ2n) is 6.36. The zero-order valence-electron chi connectivity index (χ0n) is 16.4. The van der Waals surface area contributed by atoms with E-state index in [-0.39, 0.29) is 24.0 Å². The first-order valence-corrected chi connectivity index (χ1v) is 8.77.